The smallest absolute Gasteiger partial charge is 0.142 e. The largest absolute Gasteiger partial charge is 0.505 e. The van der Waals surface area contributed by atoms with E-state index in [0.717, 1.165) is 11.3 Å². The van der Waals surface area contributed by atoms with Crippen LogP contribution in [0.3, 0.4) is 0 Å². The highest BCUT2D eigenvalue weighted by molar-refractivity contribution is 5.62. The molecule has 1 N–H and O–H groups in total. The van der Waals surface area contributed by atoms with Crippen LogP contribution in [0.25, 0.3) is 5.76 Å². The monoisotopic (exact) mass is 219 g/mol. The minimum atomic E-state index is -0.0799. The molecule has 0 heterocycles. The number of hydrogen-bond donors (Lipinski definition) is 1. The number of rotatable bonds is 2. The van der Waals surface area contributed by atoms with Gasteiger partial charge < -0.3 is 10.0 Å². The van der Waals surface area contributed by atoms with Crippen molar-refractivity contribution in [3.05, 3.63) is 41.6 Å². The summed E-state index contributed by atoms with van der Waals surface area (Å²) in [5.41, 5.74) is 1.73. The molecule has 0 fully saturated rings. The highest BCUT2D eigenvalue weighted by atomic mass is 16.3. The van der Waals surface area contributed by atoms with Crippen LogP contribution in [-0.2, 0) is 0 Å². The molecule has 0 aliphatic heterocycles. The lowest BCUT2D eigenvalue weighted by Crippen LogP contribution is -2.25. The predicted molar refractivity (Wildman–Crippen MR) is 69.1 cm³/mol. The molecule has 0 aliphatic rings. The molecule has 0 saturated carbocycles. The first kappa shape index (κ1) is 12.6. The van der Waals surface area contributed by atoms with E-state index >= 15 is 0 Å². The minimum absolute atomic E-state index is 0.0799. The molecule has 0 amide bonds. The van der Waals surface area contributed by atoms with Crippen molar-refractivity contribution < 1.29 is 5.11 Å². The Morgan fingerprint density at radius 1 is 1.06 bits per heavy atom. The maximum Gasteiger partial charge on any atom is 0.142 e. The molecule has 2 nitrogen and oxygen atoms in total. The van der Waals surface area contributed by atoms with Crippen LogP contribution in [0.2, 0.25) is 0 Å². The molecule has 1 rings (SSSR count). The summed E-state index contributed by atoms with van der Waals surface area (Å²) >= 11 is 0. The molecule has 0 aromatic heterocycles. The van der Waals surface area contributed by atoms with Crippen molar-refractivity contribution in [3.8, 4) is 0 Å². The second-order valence-corrected chi connectivity index (χ2v) is 5.21. The van der Waals surface area contributed by atoms with E-state index < -0.39 is 0 Å². The Morgan fingerprint density at radius 2 is 1.56 bits per heavy atom. The van der Waals surface area contributed by atoms with Crippen molar-refractivity contribution >= 4 is 5.76 Å². The van der Waals surface area contributed by atoms with E-state index in [1.54, 1.807) is 0 Å². The van der Waals surface area contributed by atoms with Gasteiger partial charge in [-0.15, -0.1) is 0 Å². The molecule has 0 radical (unpaired) electrons. The Bertz CT molecular complexity index is 371. The van der Waals surface area contributed by atoms with Crippen LogP contribution in [0.4, 0.5) is 0 Å². The molecule has 1 aromatic rings. The van der Waals surface area contributed by atoms with E-state index in [1.165, 1.54) is 0 Å². The van der Waals surface area contributed by atoms with E-state index in [-0.39, 0.29) is 5.41 Å². The molecule has 88 valence electrons. The maximum atomic E-state index is 10.3. The zero-order chi connectivity index (χ0) is 12.3. The summed E-state index contributed by atoms with van der Waals surface area (Å²) in [7, 11) is 3.92. The van der Waals surface area contributed by atoms with Gasteiger partial charge in [0.1, 0.15) is 5.76 Å². The lowest BCUT2D eigenvalue weighted by Gasteiger charge is -2.30. The topological polar surface area (TPSA) is 23.5 Å². The van der Waals surface area contributed by atoms with Crippen molar-refractivity contribution in [1.82, 2.24) is 4.90 Å². The number of aliphatic hydroxyl groups is 1. The van der Waals surface area contributed by atoms with E-state index in [9.17, 15) is 5.11 Å². The van der Waals surface area contributed by atoms with Crippen LogP contribution in [0.5, 0.6) is 0 Å². The van der Waals surface area contributed by atoms with Gasteiger partial charge in [-0.3, -0.25) is 0 Å². The molecule has 0 aliphatic carbocycles. The van der Waals surface area contributed by atoms with Gasteiger partial charge in [0, 0.05) is 25.1 Å². The van der Waals surface area contributed by atoms with Crippen molar-refractivity contribution in [1.29, 1.82) is 0 Å². The minimum Gasteiger partial charge on any atom is -0.505 e. The molecule has 1 aromatic carbocycles. The standard InChI is InChI=1S/C14H21NO/c1-14(2,3)13(15(4)5)12(16)11-9-7-6-8-10-11/h6-10,16H,1-5H3/b13-12-. The van der Waals surface area contributed by atoms with E-state index in [4.69, 9.17) is 0 Å². The molecule has 2 heteroatoms. The maximum absolute atomic E-state index is 10.3. The fraction of sp³-hybridized carbons (Fsp3) is 0.429. The zero-order valence-corrected chi connectivity index (χ0v) is 10.8. The molecular formula is C14H21NO. The summed E-state index contributed by atoms with van der Waals surface area (Å²) in [6.07, 6.45) is 0. The van der Waals surface area contributed by atoms with E-state index in [0.29, 0.717) is 5.76 Å². The normalized spacial score (nSPS) is 13.3. The number of aliphatic hydroxyl groups excluding tert-OH is 1. The van der Waals surface area contributed by atoms with Crippen LogP contribution in [0.15, 0.2) is 36.0 Å². The first-order valence-electron chi connectivity index (χ1n) is 5.50. The van der Waals surface area contributed by atoms with Gasteiger partial charge in [-0.05, 0) is 0 Å². The quantitative estimate of drug-likeness (QED) is 0.769. The summed E-state index contributed by atoms with van der Waals surface area (Å²) in [6, 6.07) is 9.65. The molecule has 0 spiro atoms. The van der Waals surface area contributed by atoms with Gasteiger partial charge in [0.25, 0.3) is 0 Å². The molecular weight excluding hydrogens is 198 g/mol. The van der Waals surface area contributed by atoms with Crippen LogP contribution < -0.4 is 0 Å². The third kappa shape index (κ3) is 2.78. The third-order valence-electron chi connectivity index (χ3n) is 2.43. The van der Waals surface area contributed by atoms with Crippen LogP contribution in [0.1, 0.15) is 26.3 Å². The third-order valence-corrected chi connectivity index (χ3v) is 2.43. The van der Waals surface area contributed by atoms with Gasteiger partial charge in [-0.25, -0.2) is 0 Å². The van der Waals surface area contributed by atoms with Crippen LogP contribution >= 0.6 is 0 Å². The van der Waals surface area contributed by atoms with Crippen LogP contribution in [-0.4, -0.2) is 24.1 Å². The van der Waals surface area contributed by atoms with E-state index in [1.807, 2.05) is 49.3 Å². The summed E-state index contributed by atoms with van der Waals surface area (Å²) in [6.45, 7) is 6.30. The predicted octanol–water partition coefficient (Wildman–Crippen LogP) is 3.52. The molecule has 0 unspecified atom stereocenters. The summed E-state index contributed by atoms with van der Waals surface area (Å²) < 4.78 is 0. The number of allylic oxidation sites excluding steroid dienone is 1. The van der Waals surface area contributed by atoms with Gasteiger partial charge in [0.05, 0.1) is 5.70 Å². The van der Waals surface area contributed by atoms with E-state index in [2.05, 4.69) is 20.8 Å². The molecule has 0 saturated heterocycles. The van der Waals surface area contributed by atoms with Gasteiger partial charge in [0.2, 0.25) is 0 Å². The lowest BCUT2D eigenvalue weighted by atomic mass is 9.89. The summed E-state index contributed by atoms with van der Waals surface area (Å²) in [5.74, 6) is 0.359. The Labute approximate surface area is 98.2 Å². The number of benzene rings is 1. The highest BCUT2D eigenvalue weighted by Gasteiger charge is 2.23. The molecule has 16 heavy (non-hydrogen) atoms. The van der Waals surface area contributed by atoms with Crippen molar-refractivity contribution in [2.24, 2.45) is 5.41 Å². The van der Waals surface area contributed by atoms with Crippen molar-refractivity contribution in [3.63, 3.8) is 0 Å². The van der Waals surface area contributed by atoms with Gasteiger partial charge in [-0.1, -0.05) is 51.1 Å². The summed E-state index contributed by atoms with van der Waals surface area (Å²) in [5, 5.41) is 10.3. The Balaban J connectivity index is 3.29. The van der Waals surface area contributed by atoms with Crippen molar-refractivity contribution in [2.75, 3.05) is 14.1 Å². The SMILES string of the molecule is CN(C)/C(=C(\O)c1ccccc1)C(C)(C)C. The van der Waals surface area contributed by atoms with Crippen molar-refractivity contribution in [2.45, 2.75) is 20.8 Å². The number of hydrogen-bond acceptors (Lipinski definition) is 2. The second kappa shape index (κ2) is 4.60. The second-order valence-electron chi connectivity index (χ2n) is 5.21. The Morgan fingerprint density at radius 3 is 1.94 bits per heavy atom. The fourth-order valence-electron chi connectivity index (χ4n) is 1.97. The zero-order valence-electron chi connectivity index (χ0n) is 10.8. The Hall–Kier alpha value is -1.44. The molecule has 0 atom stereocenters. The van der Waals surface area contributed by atoms with Gasteiger partial charge in [-0.2, -0.15) is 0 Å². The summed E-state index contributed by atoms with van der Waals surface area (Å²) in [4.78, 5) is 1.97. The average molecular weight is 219 g/mol. The van der Waals surface area contributed by atoms with Gasteiger partial charge in [0.15, 0.2) is 0 Å². The Kier molecular flexibility index (Phi) is 3.63. The fourth-order valence-corrected chi connectivity index (χ4v) is 1.97. The highest BCUT2D eigenvalue weighted by Crippen LogP contribution is 2.32. The van der Waals surface area contributed by atoms with Crippen LogP contribution in [0, 0.1) is 5.41 Å². The number of nitrogens with zero attached hydrogens (tertiary/aromatic N) is 1. The van der Waals surface area contributed by atoms with Gasteiger partial charge >= 0.3 is 0 Å². The first-order valence-corrected chi connectivity index (χ1v) is 5.50. The first-order chi connectivity index (χ1) is 7.34. The average Bonchev–Trinajstić information content (AvgIpc) is 2.16. The molecule has 0 bridgehead atoms. The lowest BCUT2D eigenvalue weighted by molar-refractivity contribution is 0.334.